The fourth-order valence-corrected chi connectivity index (χ4v) is 5.11. The highest BCUT2D eigenvalue weighted by molar-refractivity contribution is 9.10. The van der Waals surface area contributed by atoms with Crippen molar-refractivity contribution in [3.05, 3.63) is 75.2 Å². The first-order chi connectivity index (χ1) is 16.9. The second-order valence-electron chi connectivity index (χ2n) is 8.93. The van der Waals surface area contributed by atoms with Crippen molar-refractivity contribution in [2.45, 2.75) is 19.9 Å². The molecule has 3 aromatic rings. The zero-order valence-electron chi connectivity index (χ0n) is 19.7. The van der Waals surface area contributed by atoms with Crippen LogP contribution in [0.5, 0.6) is 0 Å². The lowest BCUT2D eigenvalue weighted by molar-refractivity contribution is -0.140. The Morgan fingerprint density at radius 3 is 2.51 bits per heavy atom. The van der Waals surface area contributed by atoms with Crippen molar-refractivity contribution in [2.24, 2.45) is 0 Å². The van der Waals surface area contributed by atoms with E-state index in [9.17, 15) is 14.7 Å². The third-order valence-corrected chi connectivity index (χ3v) is 7.32. The highest BCUT2D eigenvalue weighted by atomic mass is 79.9. The molecular weight excluding hydrogens is 512 g/mol. The number of aliphatic hydroxyl groups is 1. The number of carbonyl (C=O) groups is 2. The zero-order chi connectivity index (χ0) is 24.7. The van der Waals surface area contributed by atoms with E-state index in [0.717, 1.165) is 28.7 Å². The number of aryl methyl sites for hydroxylation is 2. The number of pyridine rings is 1. The van der Waals surface area contributed by atoms with E-state index in [2.05, 4.69) is 25.8 Å². The van der Waals surface area contributed by atoms with Crippen molar-refractivity contribution in [3.8, 4) is 0 Å². The molecule has 0 saturated carbocycles. The molecule has 1 atom stereocenters. The van der Waals surface area contributed by atoms with E-state index in [1.165, 1.54) is 0 Å². The second kappa shape index (κ2) is 9.56. The third-order valence-electron chi connectivity index (χ3n) is 6.79. The van der Waals surface area contributed by atoms with E-state index in [1.54, 1.807) is 4.90 Å². The molecule has 9 heteroatoms. The van der Waals surface area contributed by atoms with Crippen LogP contribution in [0.3, 0.4) is 0 Å². The fourth-order valence-electron chi connectivity index (χ4n) is 4.85. The maximum Gasteiger partial charge on any atom is 0.295 e. The average Bonchev–Trinajstić information content (AvgIpc) is 3.33. The molecule has 2 saturated heterocycles. The highest BCUT2D eigenvalue weighted by Gasteiger charge is 2.46. The number of imidazole rings is 1. The number of hydrogen-bond donors (Lipinski definition) is 1. The van der Waals surface area contributed by atoms with Gasteiger partial charge in [0, 0.05) is 36.8 Å². The number of hydrogen-bond acceptors (Lipinski definition) is 6. The summed E-state index contributed by atoms with van der Waals surface area (Å²) in [5.41, 5.74) is 3.50. The predicted octanol–water partition coefficient (Wildman–Crippen LogP) is 3.47. The molecule has 2 aliphatic heterocycles. The SMILES string of the molecule is Cc1cccn2c(C)c(C(O)=C3C(=O)C(=O)N(CCN4CCOCC4)C3c3ccc(Br)cc3)nc12. The Kier molecular flexibility index (Phi) is 6.48. The van der Waals surface area contributed by atoms with Gasteiger partial charge in [0.2, 0.25) is 0 Å². The Hall–Kier alpha value is -3.01. The number of nitrogens with zero attached hydrogens (tertiary/aromatic N) is 4. The molecule has 4 heterocycles. The summed E-state index contributed by atoms with van der Waals surface area (Å²) in [6, 6.07) is 10.6. The third kappa shape index (κ3) is 4.28. The quantitative estimate of drug-likeness (QED) is 0.304. The zero-order valence-corrected chi connectivity index (χ0v) is 21.3. The number of rotatable bonds is 5. The van der Waals surface area contributed by atoms with Crippen molar-refractivity contribution in [1.29, 1.82) is 0 Å². The number of ether oxygens (including phenoxy) is 1. The lowest BCUT2D eigenvalue weighted by Gasteiger charge is -2.31. The number of likely N-dealkylation sites (tertiary alicyclic amines) is 1. The molecule has 0 bridgehead atoms. The van der Waals surface area contributed by atoms with Crippen LogP contribution in [0, 0.1) is 13.8 Å². The molecule has 0 radical (unpaired) electrons. The Morgan fingerprint density at radius 2 is 1.83 bits per heavy atom. The molecule has 0 aliphatic carbocycles. The molecule has 2 aliphatic rings. The second-order valence-corrected chi connectivity index (χ2v) is 9.84. The minimum absolute atomic E-state index is 0.0726. The van der Waals surface area contributed by atoms with Crippen LogP contribution in [-0.2, 0) is 14.3 Å². The van der Waals surface area contributed by atoms with Crippen LogP contribution in [0.1, 0.15) is 28.6 Å². The summed E-state index contributed by atoms with van der Waals surface area (Å²) in [6.07, 6.45) is 1.87. The lowest BCUT2D eigenvalue weighted by Crippen LogP contribution is -2.42. The molecule has 1 unspecified atom stereocenters. The maximum absolute atomic E-state index is 13.3. The van der Waals surface area contributed by atoms with Gasteiger partial charge in [-0.2, -0.15) is 0 Å². The van der Waals surface area contributed by atoms with E-state index >= 15 is 0 Å². The minimum Gasteiger partial charge on any atom is -0.505 e. The van der Waals surface area contributed by atoms with Crippen molar-refractivity contribution >= 4 is 39.0 Å². The molecular formula is C26H27BrN4O4. The Labute approximate surface area is 211 Å². The number of aromatic nitrogens is 2. The number of Topliss-reactive ketones (excluding diaryl/α,β-unsaturated/α-hetero) is 1. The summed E-state index contributed by atoms with van der Waals surface area (Å²) in [6.45, 7) is 7.65. The van der Waals surface area contributed by atoms with Gasteiger partial charge in [0.05, 0.1) is 30.5 Å². The number of benzene rings is 1. The van der Waals surface area contributed by atoms with Crippen molar-refractivity contribution < 1.29 is 19.4 Å². The summed E-state index contributed by atoms with van der Waals surface area (Å²) in [5.74, 6) is -1.54. The molecule has 1 aromatic carbocycles. The molecule has 5 rings (SSSR count). The van der Waals surface area contributed by atoms with Gasteiger partial charge in [-0.05, 0) is 43.2 Å². The molecule has 182 valence electrons. The van der Waals surface area contributed by atoms with Crippen molar-refractivity contribution in [3.63, 3.8) is 0 Å². The van der Waals surface area contributed by atoms with Gasteiger partial charge >= 0.3 is 0 Å². The summed E-state index contributed by atoms with van der Waals surface area (Å²) in [4.78, 5) is 35.0. The van der Waals surface area contributed by atoms with E-state index in [1.807, 2.05) is 60.8 Å². The van der Waals surface area contributed by atoms with Gasteiger partial charge in [-0.15, -0.1) is 0 Å². The smallest absolute Gasteiger partial charge is 0.295 e. The largest absolute Gasteiger partial charge is 0.505 e. The monoisotopic (exact) mass is 538 g/mol. The molecule has 8 nitrogen and oxygen atoms in total. The van der Waals surface area contributed by atoms with Crippen LogP contribution < -0.4 is 0 Å². The van der Waals surface area contributed by atoms with Gasteiger partial charge in [0.25, 0.3) is 11.7 Å². The molecule has 35 heavy (non-hydrogen) atoms. The van der Waals surface area contributed by atoms with E-state index in [0.29, 0.717) is 43.3 Å². The van der Waals surface area contributed by atoms with Crippen LogP contribution in [0.4, 0.5) is 0 Å². The van der Waals surface area contributed by atoms with Gasteiger partial charge in [-0.25, -0.2) is 4.98 Å². The van der Waals surface area contributed by atoms with Crippen molar-refractivity contribution in [2.75, 3.05) is 39.4 Å². The minimum atomic E-state index is -0.700. The van der Waals surface area contributed by atoms with Gasteiger partial charge in [0.1, 0.15) is 11.3 Å². The first-order valence-electron chi connectivity index (χ1n) is 11.7. The number of fused-ring (bicyclic) bond motifs is 1. The molecule has 1 N–H and O–H groups in total. The molecule has 2 aromatic heterocycles. The molecule has 0 spiro atoms. The van der Waals surface area contributed by atoms with Crippen LogP contribution in [0.15, 0.2) is 52.6 Å². The normalized spacial score (nSPS) is 20.8. The number of halogens is 1. The lowest BCUT2D eigenvalue weighted by atomic mass is 9.96. The number of aliphatic hydroxyl groups excluding tert-OH is 1. The average molecular weight is 539 g/mol. The number of amides is 1. The standard InChI is InChI=1S/C26H27BrN4O4/c1-16-4-3-9-30-17(2)21(28-25(16)30)23(32)20-22(18-5-7-19(27)8-6-18)31(26(34)24(20)33)11-10-29-12-14-35-15-13-29/h3-9,22,32H,10-15H2,1-2H3. The van der Waals surface area contributed by atoms with Crippen molar-refractivity contribution in [1.82, 2.24) is 19.2 Å². The summed E-state index contributed by atoms with van der Waals surface area (Å²) < 4.78 is 8.19. The fraction of sp³-hybridized carbons (Fsp3) is 0.346. The topological polar surface area (TPSA) is 87.4 Å². The number of carbonyl (C=O) groups excluding carboxylic acids is 2. The first-order valence-corrected chi connectivity index (χ1v) is 12.4. The maximum atomic E-state index is 13.3. The molecule has 2 fully saturated rings. The summed E-state index contributed by atoms with van der Waals surface area (Å²) in [7, 11) is 0. The van der Waals surface area contributed by atoms with E-state index < -0.39 is 17.7 Å². The summed E-state index contributed by atoms with van der Waals surface area (Å²) in [5, 5.41) is 11.5. The molecule has 1 amide bonds. The van der Waals surface area contributed by atoms with E-state index in [-0.39, 0.29) is 11.3 Å². The number of ketones is 1. The Balaban J connectivity index is 1.60. The Morgan fingerprint density at radius 1 is 1.11 bits per heavy atom. The van der Waals surface area contributed by atoms with Gasteiger partial charge < -0.3 is 19.1 Å². The first kappa shape index (κ1) is 23.7. The van der Waals surface area contributed by atoms with Gasteiger partial charge in [0.15, 0.2) is 5.76 Å². The van der Waals surface area contributed by atoms with E-state index in [4.69, 9.17) is 4.74 Å². The predicted molar refractivity (Wildman–Crippen MR) is 135 cm³/mol. The van der Waals surface area contributed by atoms with Crippen LogP contribution in [0.25, 0.3) is 11.4 Å². The number of morpholine rings is 1. The van der Waals surface area contributed by atoms with Crippen LogP contribution >= 0.6 is 15.9 Å². The highest BCUT2D eigenvalue weighted by Crippen LogP contribution is 2.40. The van der Waals surface area contributed by atoms with Gasteiger partial charge in [-0.3, -0.25) is 14.5 Å². The van der Waals surface area contributed by atoms with Crippen LogP contribution in [-0.4, -0.2) is 75.4 Å². The van der Waals surface area contributed by atoms with Gasteiger partial charge in [-0.1, -0.05) is 34.1 Å². The Bertz CT molecular complexity index is 1330. The summed E-state index contributed by atoms with van der Waals surface area (Å²) >= 11 is 3.45. The van der Waals surface area contributed by atoms with Crippen LogP contribution in [0.2, 0.25) is 0 Å².